The van der Waals surface area contributed by atoms with Crippen LogP contribution < -0.4 is 5.32 Å². The lowest BCUT2D eigenvalue weighted by Crippen LogP contribution is -2.49. The number of nitrogens with one attached hydrogen (secondary N) is 1. The Bertz CT molecular complexity index is 882. The van der Waals surface area contributed by atoms with E-state index in [0.717, 1.165) is 18.7 Å². The highest BCUT2D eigenvalue weighted by atomic mass is 19.1. The van der Waals surface area contributed by atoms with Crippen LogP contribution in [-0.2, 0) is 4.79 Å². The first-order valence-electron chi connectivity index (χ1n) is 10.4. The molecular weight excluding hydrogens is 383 g/mol. The summed E-state index contributed by atoms with van der Waals surface area (Å²) in [6.45, 7) is 3.16. The molecule has 1 aliphatic carbocycles. The lowest BCUT2D eigenvalue weighted by Gasteiger charge is -2.35. The number of hydrogen-bond donors (Lipinski definition) is 1. The molecule has 2 fully saturated rings. The van der Waals surface area contributed by atoms with Crippen molar-refractivity contribution in [3.05, 3.63) is 65.7 Å². The molecular formula is C23H27FN4O2. The summed E-state index contributed by atoms with van der Waals surface area (Å²) in [5.74, 6) is -0.607. The number of carbonyl (C=O) groups excluding carboxylic acids is 2. The number of hydrogen-bond acceptors (Lipinski definition) is 4. The molecule has 1 aliphatic heterocycles. The first-order chi connectivity index (χ1) is 14.5. The van der Waals surface area contributed by atoms with Crippen LogP contribution in [0.15, 0.2) is 48.8 Å². The van der Waals surface area contributed by atoms with E-state index >= 15 is 0 Å². The van der Waals surface area contributed by atoms with Crippen LogP contribution in [0.3, 0.4) is 0 Å². The summed E-state index contributed by atoms with van der Waals surface area (Å²) in [5, 5.41) is 3.07. The number of nitrogens with zero attached hydrogens (tertiary/aromatic N) is 3. The van der Waals surface area contributed by atoms with Gasteiger partial charge in [-0.1, -0.05) is 12.1 Å². The molecule has 1 saturated carbocycles. The Hall–Kier alpha value is -2.80. The summed E-state index contributed by atoms with van der Waals surface area (Å²) >= 11 is 0. The summed E-state index contributed by atoms with van der Waals surface area (Å²) in [5.41, 5.74) is 1.45. The molecule has 1 aromatic heterocycles. The van der Waals surface area contributed by atoms with Crippen LogP contribution in [0.1, 0.15) is 34.7 Å². The first-order valence-corrected chi connectivity index (χ1v) is 10.4. The van der Waals surface area contributed by atoms with E-state index < -0.39 is 0 Å². The summed E-state index contributed by atoms with van der Waals surface area (Å²) < 4.78 is 13.5. The van der Waals surface area contributed by atoms with Gasteiger partial charge in [0.2, 0.25) is 5.91 Å². The maximum Gasteiger partial charge on any atom is 0.253 e. The van der Waals surface area contributed by atoms with Crippen molar-refractivity contribution in [1.82, 2.24) is 20.1 Å². The SMILES string of the molecule is CN1CCN(C(=O)[C@H]2C[C@@H](NC(=O)c3cccnc3)C[C@@H]2c2ccc(F)cc2)CC1. The maximum absolute atomic E-state index is 13.5. The Balaban J connectivity index is 1.52. The zero-order valence-electron chi connectivity index (χ0n) is 17.1. The molecule has 1 aromatic carbocycles. The quantitative estimate of drug-likeness (QED) is 0.840. The number of piperazine rings is 1. The van der Waals surface area contributed by atoms with E-state index in [9.17, 15) is 14.0 Å². The highest BCUT2D eigenvalue weighted by Crippen LogP contribution is 2.41. The Morgan fingerprint density at radius 1 is 1.07 bits per heavy atom. The average molecular weight is 410 g/mol. The van der Waals surface area contributed by atoms with E-state index in [1.54, 1.807) is 30.5 Å². The maximum atomic E-state index is 13.5. The van der Waals surface area contributed by atoms with E-state index in [4.69, 9.17) is 0 Å². The van der Waals surface area contributed by atoms with Gasteiger partial charge in [-0.15, -0.1) is 0 Å². The first kappa shape index (κ1) is 20.5. The normalized spacial score (nSPS) is 24.6. The summed E-state index contributed by atoms with van der Waals surface area (Å²) in [6, 6.07) is 9.73. The predicted octanol–water partition coefficient (Wildman–Crippen LogP) is 2.29. The molecule has 2 aliphatic rings. The second kappa shape index (κ2) is 8.92. The molecule has 2 amide bonds. The van der Waals surface area contributed by atoms with E-state index in [-0.39, 0.29) is 35.5 Å². The van der Waals surface area contributed by atoms with E-state index in [1.807, 2.05) is 4.90 Å². The number of halogens is 1. The highest BCUT2D eigenvalue weighted by molar-refractivity contribution is 5.94. The van der Waals surface area contributed by atoms with Gasteiger partial charge in [0, 0.05) is 50.5 Å². The molecule has 30 heavy (non-hydrogen) atoms. The van der Waals surface area contributed by atoms with Crippen molar-refractivity contribution < 1.29 is 14.0 Å². The topological polar surface area (TPSA) is 65.5 Å². The van der Waals surface area contributed by atoms with Gasteiger partial charge in [-0.2, -0.15) is 0 Å². The van der Waals surface area contributed by atoms with Gasteiger partial charge in [-0.3, -0.25) is 14.6 Å². The molecule has 158 valence electrons. The Kier molecular flexibility index (Phi) is 6.08. The van der Waals surface area contributed by atoms with Crippen LogP contribution in [0.4, 0.5) is 4.39 Å². The predicted molar refractivity (Wildman–Crippen MR) is 111 cm³/mol. The van der Waals surface area contributed by atoms with Crippen LogP contribution in [0, 0.1) is 11.7 Å². The minimum atomic E-state index is -0.292. The molecule has 0 bridgehead atoms. The zero-order chi connectivity index (χ0) is 21.1. The summed E-state index contributed by atoms with van der Waals surface area (Å²) in [6.07, 6.45) is 4.40. The molecule has 2 heterocycles. The minimum Gasteiger partial charge on any atom is -0.349 e. The standard InChI is InChI=1S/C23H27FN4O2/c1-27-9-11-28(12-10-27)23(30)21-14-19(26-22(29)17-3-2-8-25-15-17)13-20(21)16-4-6-18(24)7-5-16/h2-8,15,19-21H,9-14H2,1H3,(H,26,29)/t19-,20+,21-/m0/s1. The number of rotatable bonds is 4. The summed E-state index contributed by atoms with van der Waals surface area (Å²) in [7, 11) is 2.06. The Labute approximate surface area is 176 Å². The van der Waals surface area contributed by atoms with Crippen molar-refractivity contribution >= 4 is 11.8 Å². The molecule has 0 spiro atoms. The second-order valence-corrected chi connectivity index (χ2v) is 8.28. The molecule has 3 atom stereocenters. The fourth-order valence-corrected chi connectivity index (χ4v) is 4.53. The molecule has 1 N–H and O–H groups in total. The zero-order valence-corrected chi connectivity index (χ0v) is 17.1. The molecule has 2 aromatic rings. The van der Waals surface area contributed by atoms with Crippen LogP contribution in [0.2, 0.25) is 0 Å². The molecule has 0 radical (unpaired) electrons. The lowest BCUT2D eigenvalue weighted by molar-refractivity contribution is -0.137. The Morgan fingerprint density at radius 3 is 2.47 bits per heavy atom. The second-order valence-electron chi connectivity index (χ2n) is 8.28. The van der Waals surface area contributed by atoms with E-state index in [1.165, 1.54) is 18.3 Å². The fraction of sp³-hybridized carbons (Fsp3) is 0.435. The fourth-order valence-electron chi connectivity index (χ4n) is 4.53. The average Bonchev–Trinajstić information content (AvgIpc) is 3.18. The number of benzene rings is 1. The van der Waals surface area contributed by atoms with Crippen molar-refractivity contribution in [2.75, 3.05) is 33.2 Å². The van der Waals surface area contributed by atoms with Crippen molar-refractivity contribution in [1.29, 1.82) is 0 Å². The summed E-state index contributed by atoms with van der Waals surface area (Å²) in [4.78, 5) is 34.1. The number of likely N-dealkylation sites (N-methyl/N-ethyl adjacent to an activating group) is 1. The van der Waals surface area contributed by atoms with E-state index in [0.29, 0.717) is 31.5 Å². The van der Waals surface area contributed by atoms with Crippen molar-refractivity contribution in [2.45, 2.75) is 24.8 Å². The van der Waals surface area contributed by atoms with Gasteiger partial charge in [0.1, 0.15) is 5.82 Å². The van der Waals surface area contributed by atoms with Crippen molar-refractivity contribution in [3.63, 3.8) is 0 Å². The number of amides is 2. The van der Waals surface area contributed by atoms with Crippen LogP contribution >= 0.6 is 0 Å². The van der Waals surface area contributed by atoms with E-state index in [2.05, 4.69) is 22.2 Å². The monoisotopic (exact) mass is 410 g/mol. The molecule has 1 saturated heterocycles. The molecule has 7 heteroatoms. The van der Waals surface area contributed by atoms with Gasteiger partial charge < -0.3 is 15.1 Å². The smallest absolute Gasteiger partial charge is 0.253 e. The molecule has 0 unspecified atom stereocenters. The lowest BCUT2D eigenvalue weighted by atomic mass is 9.87. The van der Waals surface area contributed by atoms with Gasteiger partial charge >= 0.3 is 0 Å². The van der Waals surface area contributed by atoms with Crippen molar-refractivity contribution in [2.24, 2.45) is 5.92 Å². The third-order valence-electron chi connectivity index (χ3n) is 6.25. The number of pyridine rings is 1. The van der Waals surface area contributed by atoms with Gasteiger partial charge in [0.25, 0.3) is 5.91 Å². The third kappa shape index (κ3) is 4.51. The van der Waals surface area contributed by atoms with Crippen LogP contribution in [-0.4, -0.2) is 65.9 Å². The minimum absolute atomic E-state index is 0.0445. The van der Waals surface area contributed by atoms with Crippen molar-refractivity contribution in [3.8, 4) is 0 Å². The van der Waals surface area contributed by atoms with Crippen LogP contribution in [0.5, 0.6) is 0 Å². The number of carbonyl (C=O) groups is 2. The highest BCUT2D eigenvalue weighted by Gasteiger charge is 2.42. The molecule has 4 rings (SSSR count). The largest absolute Gasteiger partial charge is 0.349 e. The van der Waals surface area contributed by atoms with Gasteiger partial charge in [0.15, 0.2) is 0 Å². The number of aromatic nitrogens is 1. The van der Waals surface area contributed by atoms with Gasteiger partial charge in [-0.25, -0.2) is 4.39 Å². The van der Waals surface area contributed by atoms with Crippen LogP contribution in [0.25, 0.3) is 0 Å². The van der Waals surface area contributed by atoms with Gasteiger partial charge in [0.05, 0.1) is 5.56 Å². The Morgan fingerprint density at radius 2 is 1.80 bits per heavy atom. The third-order valence-corrected chi connectivity index (χ3v) is 6.25. The van der Waals surface area contributed by atoms with Gasteiger partial charge in [-0.05, 0) is 55.6 Å². The molecule has 6 nitrogen and oxygen atoms in total.